The Hall–Kier alpha value is -3.02. The molecule has 7 heteroatoms. The van der Waals surface area contributed by atoms with E-state index in [1.54, 1.807) is 47.4 Å². The normalized spacial score (nSPS) is 10.4. The summed E-state index contributed by atoms with van der Waals surface area (Å²) in [4.78, 5) is 26.7. The van der Waals surface area contributed by atoms with E-state index in [4.69, 9.17) is 23.2 Å². The molecular weight excluding hydrogens is 421 g/mol. The molecule has 0 unspecified atom stereocenters. The summed E-state index contributed by atoms with van der Waals surface area (Å²) in [6.45, 7) is 2.56. The van der Waals surface area contributed by atoms with Crippen LogP contribution in [0.25, 0.3) is 0 Å². The molecule has 0 fully saturated rings. The standard InChI is InChI=1S/C23H21Cl2N3O2/c1-2-28(21-6-4-3-5-7-21)23(30)16-8-10-19(11-9-16)26-15-22(29)27-20-13-17(24)12-18(25)14-20/h3-14,26H,2,15H2,1H3,(H,27,29). The molecule has 0 aliphatic rings. The largest absolute Gasteiger partial charge is 0.376 e. The first-order chi connectivity index (χ1) is 14.5. The Morgan fingerprint density at radius 1 is 0.867 bits per heavy atom. The molecule has 154 valence electrons. The number of carbonyl (C=O) groups excluding carboxylic acids is 2. The van der Waals surface area contributed by atoms with Gasteiger partial charge in [-0.05, 0) is 61.5 Å². The van der Waals surface area contributed by atoms with Gasteiger partial charge in [-0.1, -0.05) is 41.4 Å². The summed E-state index contributed by atoms with van der Waals surface area (Å²) in [6, 6.07) is 21.4. The lowest BCUT2D eigenvalue weighted by molar-refractivity contribution is -0.114. The zero-order chi connectivity index (χ0) is 21.5. The Labute approximate surface area is 185 Å². The monoisotopic (exact) mass is 441 g/mol. The molecule has 0 saturated carbocycles. The fourth-order valence-electron chi connectivity index (χ4n) is 2.95. The smallest absolute Gasteiger partial charge is 0.258 e. The van der Waals surface area contributed by atoms with Crippen molar-refractivity contribution in [1.82, 2.24) is 0 Å². The molecule has 0 spiro atoms. The van der Waals surface area contributed by atoms with Crippen LogP contribution in [0.4, 0.5) is 17.1 Å². The Morgan fingerprint density at radius 2 is 1.50 bits per heavy atom. The van der Waals surface area contributed by atoms with Crippen LogP contribution in [-0.2, 0) is 4.79 Å². The van der Waals surface area contributed by atoms with E-state index in [2.05, 4.69) is 10.6 Å². The highest BCUT2D eigenvalue weighted by molar-refractivity contribution is 6.35. The van der Waals surface area contributed by atoms with Gasteiger partial charge in [-0.3, -0.25) is 9.59 Å². The summed E-state index contributed by atoms with van der Waals surface area (Å²) in [6.07, 6.45) is 0. The van der Waals surface area contributed by atoms with Gasteiger partial charge in [0.05, 0.1) is 6.54 Å². The number of carbonyl (C=O) groups is 2. The minimum atomic E-state index is -0.241. The molecule has 2 N–H and O–H groups in total. The first-order valence-electron chi connectivity index (χ1n) is 9.43. The summed E-state index contributed by atoms with van der Waals surface area (Å²) in [5.74, 6) is -0.319. The van der Waals surface area contributed by atoms with E-state index in [0.29, 0.717) is 27.8 Å². The lowest BCUT2D eigenvalue weighted by Crippen LogP contribution is -2.30. The molecule has 0 atom stereocenters. The zero-order valence-electron chi connectivity index (χ0n) is 16.4. The number of hydrogen-bond donors (Lipinski definition) is 2. The number of rotatable bonds is 7. The third kappa shape index (κ3) is 5.75. The van der Waals surface area contributed by atoms with Crippen molar-refractivity contribution in [3.8, 4) is 0 Å². The number of nitrogens with zero attached hydrogens (tertiary/aromatic N) is 1. The maximum atomic E-state index is 12.8. The third-order valence-corrected chi connectivity index (χ3v) is 4.80. The number of para-hydroxylation sites is 1. The first-order valence-corrected chi connectivity index (χ1v) is 10.2. The highest BCUT2D eigenvalue weighted by Gasteiger charge is 2.15. The van der Waals surface area contributed by atoms with Gasteiger partial charge in [0.1, 0.15) is 0 Å². The maximum Gasteiger partial charge on any atom is 0.258 e. The van der Waals surface area contributed by atoms with Crippen LogP contribution < -0.4 is 15.5 Å². The van der Waals surface area contributed by atoms with E-state index in [9.17, 15) is 9.59 Å². The molecule has 2 amide bonds. The van der Waals surface area contributed by atoms with Gasteiger partial charge in [0, 0.05) is 39.2 Å². The maximum absolute atomic E-state index is 12.8. The lowest BCUT2D eigenvalue weighted by atomic mass is 10.1. The van der Waals surface area contributed by atoms with Gasteiger partial charge in [-0.15, -0.1) is 0 Å². The average molecular weight is 442 g/mol. The molecule has 0 heterocycles. The lowest BCUT2D eigenvalue weighted by Gasteiger charge is -2.21. The van der Waals surface area contributed by atoms with Crippen LogP contribution in [0.3, 0.4) is 0 Å². The number of anilines is 3. The molecule has 0 aromatic heterocycles. The van der Waals surface area contributed by atoms with Gasteiger partial charge in [0.15, 0.2) is 0 Å². The van der Waals surface area contributed by atoms with E-state index in [0.717, 1.165) is 11.4 Å². The summed E-state index contributed by atoms with van der Waals surface area (Å²) in [5, 5.41) is 6.66. The molecule has 0 saturated heterocycles. The van der Waals surface area contributed by atoms with Crippen molar-refractivity contribution in [2.75, 3.05) is 28.6 Å². The van der Waals surface area contributed by atoms with Crippen molar-refractivity contribution >= 4 is 52.1 Å². The minimum absolute atomic E-state index is 0.0581. The quantitative estimate of drug-likeness (QED) is 0.493. The van der Waals surface area contributed by atoms with Gasteiger partial charge in [0.25, 0.3) is 5.91 Å². The van der Waals surface area contributed by atoms with Crippen LogP contribution in [0.1, 0.15) is 17.3 Å². The van der Waals surface area contributed by atoms with Crippen LogP contribution in [0.2, 0.25) is 10.0 Å². The van der Waals surface area contributed by atoms with Gasteiger partial charge in [0.2, 0.25) is 5.91 Å². The van der Waals surface area contributed by atoms with E-state index in [-0.39, 0.29) is 18.4 Å². The van der Waals surface area contributed by atoms with E-state index in [1.165, 1.54) is 0 Å². The van der Waals surface area contributed by atoms with Crippen LogP contribution in [0.15, 0.2) is 72.8 Å². The summed E-state index contributed by atoms with van der Waals surface area (Å²) >= 11 is 11.9. The Kier molecular flexibility index (Phi) is 7.33. The zero-order valence-corrected chi connectivity index (χ0v) is 17.9. The van der Waals surface area contributed by atoms with Crippen molar-refractivity contribution in [2.24, 2.45) is 0 Å². The second-order valence-electron chi connectivity index (χ2n) is 6.52. The Morgan fingerprint density at radius 3 is 2.10 bits per heavy atom. The van der Waals surface area contributed by atoms with Gasteiger partial charge in [-0.2, -0.15) is 0 Å². The fourth-order valence-corrected chi connectivity index (χ4v) is 3.48. The second-order valence-corrected chi connectivity index (χ2v) is 7.40. The SMILES string of the molecule is CCN(C(=O)c1ccc(NCC(=O)Nc2cc(Cl)cc(Cl)c2)cc1)c1ccccc1. The molecule has 3 aromatic rings. The predicted molar refractivity (Wildman–Crippen MR) is 124 cm³/mol. The van der Waals surface area contributed by atoms with Crippen molar-refractivity contribution in [3.63, 3.8) is 0 Å². The second kappa shape index (κ2) is 10.1. The van der Waals surface area contributed by atoms with Crippen LogP contribution in [-0.4, -0.2) is 24.9 Å². The van der Waals surface area contributed by atoms with Crippen molar-refractivity contribution in [3.05, 3.63) is 88.4 Å². The average Bonchev–Trinajstić information content (AvgIpc) is 2.73. The number of benzene rings is 3. The van der Waals surface area contributed by atoms with Gasteiger partial charge < -0.3 is 15.5 Å². The van der Waals surface area contributed by atoms with E-state index in [1.807, 2.05) is 37.3 Å². The molecule has 0 aliphatic carbocycles. The van der Waals surface area contributed by atoms with Crippen LogP contribution >= 0.6 is 23.2 Å². The molecule has 5 nitrogen and oxygen atoms in total. The molecular formula is C23H21Cl2N3O2. The third-order valence-electron chi connectivity index (χ3n) is 4.36. The summed E-state index contributed by atoms with van der Waals surface area (Å²) in [7, 11) is 0. The van der Waals surface area contributed by atoms with Crippen molar-refractivity contribution in [1.29, 1.82) is 0 Å². The van der Waals surface area contributed by atoms with Gasteiger partial charge >= 0.3 is 0 Å². The number of halogens is 2. The highest BCUT2D eigenvalue weighted by atomic mass is 35.5. The number of hydrogen-bond acceptors (Lipinski definition) is 3. The number of nitrogens with one attached hydrogen (secondary N) is 2. The van der Waals surface area contributed by atoms with Crippen LogP contribution in [0.5, 0.6) is 0 Å². The van der Waals surface area contributed by atoms with Crippen molar-refractivity contribution in [2.45, 2.75) is 6.92 Å². The predicted octanol–water partition coefficient (Wildman–Crippen LogP) is 5.71. The highest BCUT2D eigenvalue weighted by Crippen LogP contribution is 2.22. The van der Waals surface area contributed by atoms with E-state index >= 15 is 0 Å². The summed E-state index contributed by atoms with van der Waals surface area (Å²) < 4.78 is 0. The van der Waals surface area contributed by atoms with Gasteiger partial charge in [-0.25, -0.2) is 0 Å². The Bertz CT molecular complexity index is 1000. The van der Waals surface area contributed by atoms with E-state index < -0.39 is 0 Å². The molecule has 0 bridgehead atoms. The molecule has 3 rings (SSSR count). The number of amides is 2. The minimum Gasteiger partial charge on any atom is -0.376 e. The molecule has 0 aliphatic heterocycles. The fraction of sp³-hybridized carbons (Fsp3) is 0.130. The topological polar surface area (TPSA) is 61.4 Å². The molecule has 0 radical (unpaired) electrons. The Balaban J connectivity index is 1.58. The molecule has 3 aromatic carbocycles. The molecule has 30 heavy (non-hydrogen) atoms. The van der Waals surface area contributed by atoms with Crippen LogP contribution in [0, 0.1) is 0 Å². The van der Waals surface area contributed by atoms with Crippen molar-refractivity contribution < 1.29 is 9.59 Å². The summed E-state index contributed by atoms with van der Waals surface area (Å²) in [5.41, 5.74) is 2.68. The first kappa shape index (κ1) is 21.7.